The summed E-state index contributed by atoms with van der Waals surface area (Å²) in [5, 5.41) is 8.49. The molecular formula is C9H19NO3S. The first-order valence-electron chi connectivity index (χ1n) is 4.68. The highest BCUT2D eigenvalue weighted by Gasteiger charge is 2.10. The van der Waals surface area contributed by atoms with Gasteiger partial charge in [-0.05, 0) is 5.92 Å². The largest absolute Gasteiger partial charge is 0.480 e. The molecule has 0 saturated heterocycles. The molecule has 0 aromatic carbocycles. The van der Waals surface area contributed by atoms with E-state index in [0.717, 1.165) is 12.4 Å². The van der Waals surface area contributed by atoms with Gasteiger partial charge in [0.15, 0.2) is 0 Å². The Hall–Kier alpha value is -0.260. The number of rotatable bonds is 8. The van der Waals surface area contributed by atoms with Crippen LogP contribution in [0.4, 0.5) is 0 Å². The average molecular weight is 221 g/mol. The molecule has 0 bridgehead atoms. The molecular weight excluding hydrogens is 202 g/mol. The molecule has 0 aromatic rings. The SMILES string of the molecule is CC(C)COCCSCC(N)C(=O)O. The van der Waals surface area contributed by atoms with Crippen LogP contribution in [-0.2, 0) is 9.53 Å². The van der Waals surface area contributed by atoms with Gasteiger partial charge in [0.05, 0.1) is 6.61 Å². The number of thioether (sulfide) groups is 1. The predicted molar refractivity (Wildman–Crippen MR) is 58.6 cm³/mol. The Balaban J connectivity index is 3.17. The summed E-state index contributed by atoms with van der Waals surface area (Å²) in [5.41, 5.74) is 5.32. The van der Waals surface area contributed by atoms with Crippen molar-refractivity contribution in [1.29, 1.82) is 0 Å². The van der Waals surface area contributed by atoms with Crippen LogP contribution in [0.2, 0.25) is 0 Å². The summed E-state index contributed by atoms with van der Waals surface area (Å²) in [4.78, 5) is 10.3. The lowest BCUT2D eigenvalue weighted by molar-refractivity contribution is -0.137. The molecule has 0 spiro atoms. The summed E-state index contributed by atoms with van der Waals surface area (Å²) in [5.74, 6) is 0.843. The summed E-state index contributed by atoms with van der Waals surface area (Å²) in [6.07, 6.45) is 0. The minimum atomic E-state index is -0.944. The van der Waals surface area contributed by atoms with Crippen molar-refractivity contribution >= 4 is 17.7 Å². The van der Waals surface area contributed by atoms with E-state index in [4.69, 9.17) is 15.6 Å². The molecule has 0 aromatic heterocycles. The van der Waals surface area contributed by atoms with Crippen LogP contribution in [-0.4, -0.2) is 41.8 Å². The molecule has 84 valence electrons. The molecule has 3 N–H and O–H groups in total. The molecule has 0 aliphatic heterocycles. The minimum absolute atomic E-state index is 0.445. The zero-order valence-corrected chi connectivity index (χ0v) is 9.55. The lowest BCUT2D eigenvalue weighted by Crippen LogP contribution is -2.32. The second-order valence-corrected chi connectivity index (χ2v) is 4.64. The molecule has 0 radical (unpaired) electrons. The van der Waals surface area contributed by atoms with Crippen LogP contribution in [0.25, 0.3) is 0 Å². The summed E-state index contributed by atoms with van der Waals surface area (Å²) >= 11 is 1.51. The fourth-order valence-corrected chi connectivity index (χ4v) is 1.52. The van der Waals surface area contributed by atoms with Gasteiger partial charge in [-0.3, -0.25) is 4.79 Å². The molecule has 0 saturated carbocycles. The Bertz CT molecular complexity index is 164. The van der Waals surface area contributed by atoms with Gasteiger partial charge in [0.25, 0.3) is 0 Å². The Kier molecular flexibility index (Phi) is 7.93. The maximum absolute atomic E-state index is 10.3. The standard InChI is InChI=1S/C9H19NO3S/c1-7(2)5-13-3-4-14-6-8(10)9(11)12/h7-8H,3-6,10H2,1-2H3,(H,11,12). The Morgan fingerprint density at radius 3 is 2.71 bits per heavy atom. The lowest BCUT2D eigenvalue weighted by atomic mass is 10.2. The highest BCUT2D eigenvalue weighted by Crippen LogP contribution is 2.02. The van der Waals surface area contributed by atoms with Crippen LogP contribution in [0.3, 0.4) is 0 Å². The van der Waals surface area contributed by atoms with Gasteiger partial charge < -0.3 is 15.6 Å². The maximum atomic E-state index is 10.3. The Morgan fingerprint density at radius 1 is 1.57 bits per heavy atom. The van der Waals surface area contributed by atoms with Gasteiger partial charge in [0, 0.05) is 18.1 Å². The van der Waals surface area contributed by atoms with Gasteiger partial charge in [0.1, 0.15) is 6.04 Å². The first-order valence-corrected chi connectivity index (χ1v) is 5.83. The number of ether oxygens (including phenoxy) is 1. The molecule has 0 amide bonds. The van der Waals surface area contributed by atoms with Crippen molar-refractivity contribution in [1.82, 2.24) is 0 Å². The van der Waals surface area contributed by atoms with E-state index < -0.39 is 12.0 Å². The first kappa shape index (κ1) is 13.7. The average Bonchev–Trinajstić information content (AvgIpc) is 2.09. The van der Waals surface area contributed by atoms with Crippen molar-refractivity contribution in [2.75, 3.05) is 24.7 Å². The first-order chi connectivity index (χ1) is 6.54. The van der Waals surface area contributed by atoms with Crippen LogP contribution >= 0.6 is 11.8 Å². The number of aliphatic carboxylic acids is 1. The number of carboxylic acid groups (broad SMARTS) is 1. The van der Waals surface area contributed by atoms with E-state index in [-0.39, 0.29) is 0 Å². The fourth-order valence-electron chi connectivity index (χ4n) is 0.718. The second kappa shape index (κ2) is 8.08. The molecule has 0 aliphatic carbocycles. The van der Waals surface area contributed by atoms with Gasteiger partial charge in [-0.15, -0.1) is 0 Å². The van der Waals surface area contributed by atoms with E-state index in [9.17, 15) is 4.79 Å². The highest BCUT2D eigenvalue weighted by molar-refractivity contribution is 7.99. The van der Waals surface area contributed by atoms with Crippen molar-refractivity contribution in [3.63, 3.8) is 0 Å². The van der Waals surface area contributed by atoms with Crippen molar-refractivity contribution in [3.05, 3.63) is 0 Å². The van der Waals surface area contributed by atoms with E-state index >= 15 is 0 Å². The van der Waals surface area contributed by atoms with Gasteiger partial charge >= 0.3 is 5.97 Å². The summed E-state index contributed by atoms with van der Waals surface area (Å²) in [6.45, 7) is 5.60. The molecule has 14 heavy (non-hydrogen) atoms. The van der Waals surface area contributed by atoms with Gasteiger partial charge in [-0.25, -0.2) is 0 Å². The monoisotopic (exact) mass is 221 g/mol. The Morgan fingerprint density at radius 2 is 2.21 bits per heavy atom. The number of nitrogens with two attached hydrogens (primary N) is 1. The van der Waals surface area contributed by atoms with E-state index in [1.165, 1.54) is 11.8 Å². The van der Waals surface area contributed by atoms with E-state index in [0.29, 0.717) is 18.3 Å². The number of hydrogen-bond donors (Lipinski definition) is 2. The lowest BCUT2D eigenvalue weighted by Gasteiger charge is -2.07. The predicted octanol–water partition coefficient (Wildman–Crippen LogP) is 0.804. The smallest absolute Gasteiger partial charge is 0.321 e. The van der Waals surface area contributed by atoms with Crippen LogP contribution in [0.1, 0.15) is 13.8 Å². The third kappa shape index (κ3) is 8.34. The van der Waals surface area contributed by atoms with Crippen LogP contribution < -0.4 is 5.73 Å². The van der Waals surface area contributed by atoms with Crippen molar-refractivity contribution < 1.29 is 14.6 Å². The third-order valence-electron chi connectivity index (χ3n) is 1.44. The zero-order valence-electron chi connectivity index (χ0n) is 8.73. The van der Waals surface area contributed by atoms with E-state index in [1.807, 2.05) is 0 Å². The summed E-state index contributed by atoms with van der Waals surface area (Å²) in [6, 6.07) is -0.759. The van der Waals surface area contributed by atoms with E-state index in [2.05, 4.69) is 13.8 Å². The van der Waals surface area contributed by atoms with Gasteiger partial charge in [-0.1, -0.05) is 13.8 Å². The van der Waals surface area contributed by atoms with Gasteiger partial charge in [-0.2, -0.15) is 11.8 Å². The molecule has 4 nitrogen and oxygen atoms in total. The highest BCUT2D eigenvalue weighted by atomic mass is 32.2. The Labute approximate surface area is 89.2 Å². The van der Waals surface area contributed by atoms with Crippen molar-refractivity contribution in [2.45, 2.75) is 19.9 Å². The molecule has 5 heteroatoms. The fraction of sp³-hybridized carbons (Fsp3) is 0.889. The molecule has 0 aliphatic rings. The number of carboxylic acids is 1. The number of carbonyl (C=O) groups is 1. The summed E-state index contributed by atoms with van der Waals surface area (Å²) < 4.78 is 5.33. The van der Waals surface area contributed by atoms with Gasteiger partial charge in [0.2, 0.25) is 0 Å². The molecule has 1 atom stereocenters. The maximum Gasteiger partial charge on any atom is 0.321 e. The quantitative estimate of drug-likeness (QED) is 0.593. The van der Waals surface area contributed by atoms with Crippen LogP contribution in [0.15, 0.2) is 0 Å². The second-order valence-electron chi connectivity index (χ2n) is 3.49. The topological polar surface area (TPSA) is 72.5 Å². The molecule has 0 heterocycles. The zero-order chi connectivity index (χ0) is 11.0. The van der Waals surface area contributed by atoms with Crippen LogP contribution in [0, 0.1) is 5.92 Å². The molecule has 0 fully saturated rings. The minimum Gasteiger partial charge on any atom is -0.480 e. The number of hydrogen-bond acceptors (Lipinski definition) is 4. The summed E-state index contributed by atoms with van der Waals surface area (Å²) in [7, 11) is 0. The third-order valence-corrected chi connectivity index (χ3v) is 2.49. The van der Waals surface area contributed by atoms with E-state index in [1.54, 1.807) is 0 Å². The van der Waals surface area contributed by atoms with Crippen LogP contribution in [0.5, 0.6) is 0 Å². The normalized spacial score (nSPS) is 13.1. The van der Waals surface area contributed by atoms with Crippen molar-refractivity contribution in [2.24, 2.45) is 11.7 Å². The molecule has 0 rings (SSSR count). The molecule has 1 unspecified atom stereocenters. The van der Waals surface area contributed by atoms with Crippen molar-refractivity contribution in [3.8, 4) is 0 Å².